The van der Waals surface area contributed by atoms with E-state index in [-0.39, 0.29) is 6.42 Å². The minimum Gasteiger partial charge on any atom is -0.371 e. The van der Waals surface area contributed by atoms with Gasteiger partial charge in [0.25, 0.3) is 0 Å². The van der Waals surface area contributed by atoms with Gasteiger partial charge in [-0.25, -0.2) is 0 Å². The van der Waals surface area contributed by atoms with Crippen LogP contribution in [-0.4, -0.2) is 16.1 Å². The van der Waals surface area contributed by atoms with Gasteiger partial charge in [-0.05, 0) is 29.7 Å². The lowest BCUT2D eigenvalue weighted by Gasteiger charge is -2.24. The zero-order valence-corrected chi connectivity index (χ0v) is 10.5. The van der Waals surface area contributed by atoms with Crippen LogP contribution < -0.4 is 5.73 Å². The first-order chi connectivity index (χ1) is 8.48. The van der Waals surface area contributed by atoms with Crippen LogP contribution in [0.3, 0.4) is 0 Å². The molecule has 0 saturated carbocycles. The number of halogens is 1. The summed E-state index contributed by atoms with van der Waals surface area (Å²) >= 11 is 5.89. The Morgan fingerprint density at radius 1 is 1.39 bits per heavy atom. The molecule has 18 heavy (non-hydrogen) atoms. The highest BCUT2D eigenvalue weighted by Crippen LogP contribution is 2.32. The van der Waals surface area contributed by atoms with Crippen molar-refractivity contribution in [1.29, 1.82) is 0 Å². The van der Waals surface area contributed by atoms with Crippen LogP contribution in [0.25, 0.3) is 0 Å². The van der Waals surface area contributed by atoms with Crippen molar-refractivity contribution in [1.82, 2.24) is 0 Å². The van der Waals surface area contributed by atoms with Crippen molar-refractivity contribution in [2.24, 2.45) is 5.73 Å². The van der Waals surface area contributed by atoms with Gasteiger partial charge in [0.15, 0.2) is 5.06 Å². The monoisotopic (exact) mass is 263 g/mol. The van der Waals surface area contributed by atoms with Gasteiger partial charge in [0.1, 0.15) is 0 Å². The molecule has 3 N–H and O–H groups in total. The lowest BCUT2D eigenvalue weighted by molar-refractivity contribution is -0.114. The SMILES string of the molecule is NC(=O)C1=C(Cc2ccccc2)CC(O)(Cl)C=C1. The number of aliphatic hydroxyl groups is 1. The Balaban J connectivity index is 2.31. The third-order valence-corrected chi connectivity index (χ3v) is 3.13. The van der Waals surface area contributed by atoms with E-state index in [4.69, 9.17) is 17.3 Å². The molecule has 1 aromatic carbocycles. The number of amides is 1. The summed E-state index contributed by atoms with van der Waals surface area (Å²) in [6.45, 7) is 0. The molecule has 0 spiro atoms. The summed E-state index contributed by atoms with van der Waals surface area (Å²) in [6, 6.07) is 9.68. The molecule has 2 rings (SSSR count). The van der Waals surface area contributed by atoms with Crippen molar-refractivity contribution in [3.05, 3.63) is 59.2 Å². The van der Waals surface area contributed by atoms with E-state index in [2.05, 4.69) is 0 Å². The number of rotatable bonds is 3. The first-order valence-electron chi connectivity index (χ1n) is 5.64. The van der Waals surface area contributed by atoms with E-state index in [0.29, 0.717) is 12.0 Å². The molecule has 94 valence electrons. The lowest BCUT2D eigenvalue weighted by Crippen LogP contribution is -2.26. The molecule has 0 radical (unpaired) electrons. The summed E-state index contributed by atoms with van der Waals surface area (Å²) in [5, 5.41) is 8.39. The molecule has 1 aromatic rings. The van der Waals surface area contributed by atoms with Gasteiger partial charge in [-0.15, -0.1) is 0 Å². The van der Waals surface area contributed by atoms with Crippen LogP contribution >= 0.6 is 11.6 Å². The standard InChI is InChI=1S/C14H14ClNO2/c15-14(18)7-6-12(13(16)17)11(9-14)8-10-4-2-1-3-5-10/h1-7,18H,8-9H2,(H2,16,17). The molecule has 0 saturated heterocycles. The fourth-order valence-corrected chi connectivity index (χ4v) is 2.26. The number of alkyl halides is 1. The Morgan fingerprint density at radius 3 is 2.67 bits per heavy atom. The summed E-state index contributed by atoms with van der Waals surface area (Å²) in [5.41, 5.74) is 7.57. The fraction of sp³-hybridized carbons (Fsp3) is 0.214. The molecule has 0 aromatic heterocycles. The van der Waals surface area contributed by atoms with Gasteiger partial charge in [-0.3, -0.25) is 4.79 Å². The first-order valence-corrected chi connectivity index (χ1v) is 6.02. The second-order valence-corrected chi connectivity index (χ2v) is 5.03. The quantitative estimate of drug-likeness (QED) is 0.818. The number of nitrogens with two attached hydrogens (primary N) is 1. The minimum atomic E-state index is -1.43. The molecule has 1 unspecified atom stereocenters. The average Bonchev–Trinajstić information content (AvgIpc) is 2.28. The van der Waals surface area contributed by atoms with Gasteiger partial charge in [0.2, 0.25) is 5.91 Å². The Morgan fingerprint density at radius 2 is 2.06 bits per heavy atom. The first kappa shape index (κ1) is 12.9. The van der Waals surface area contributed by atoms with E-state index in [9.17, 15) is 9.90 Å². The normalized spacial score (nSPS) is 23.2. The Kier molecular flexibility index (Phi) is 3.55. The predicted molar refractivity (Wildman–Crippen MR) is 70.9 cm³/mol. The van der Waals surface area contributed by atoms with Crippen LogP contribution in [0.5, 0.6) is 0 Å². The molecule has 1 aliphatic carbocycles. The van der Waals surface area contributed by atoms with Crippen molar-refractivity contribution in [2.75, 3.05) is 0 Å². The van der Waals surface area contributed by atoms with Gasteiger partial charge < -0.3 is 10.8 Å². The summed E-state index contributed by atoms with van der Waals surface area (Å²) < 4.78 is 0. The second kappa shape index (κ2) is 4.96. The highest BCUT2D eigenvalue weighted by atomic mass is 35.5. The predicted octanol–water partition coefficient (Wildman–Crippen LogP) is 1.90. The van der Waals surface area contributed by atoms with E-state index in [1.165, 1.54) is 12.2 Å². The number of primary amides is 1. The fourth-order valence-electron chi connectivity index (χ4n) is 2.04. The van der Waals surface area contributed by atoms with Crippen LogP contribution in [0, 0.1) is 0 Å². The van der Waals surface area contributed by atoms with Crippen LogP contribution in [0.4, 0.5) is 0 Å². The molecule has 1 aliphatic rings. The van der Waals surface area contributed by atoms with Crippen molar-refractivity contribution in [3.8, 4) is 0 Å². The van der Waals surface area contributed by atoms with Gasteiger partial charge in [0, 0.05) is 12.0 Å². The zero-order valence-electron chi connectivity index (χ0n) is 9.77. The zero-order chi connectivity index (χ0) is 13.2. The molecular weight excluding hydrogens is 250 g/mol. The maximum absolute atomic E-state index is 11.4. The molecule has 0 aliphatic heterocycles. The molecule has 4 heteroatoms. The number of benzene rings is 1. The Hall–Kier alpha value is -1.58. The average molecular weight is 264 g/mol. The Labute approximate surface area is 111 Å². The second-order valence-electron chi connectivity index (χ2n) is 4.37. The van der Waals surface area contributed by atoms with Gasteiger partial charge in [0.05, 0.1) is 0 Å². The van der Waals surface area contributed by atoms with E-state index >= 15 is 0 Å². The maximum Gasteiger partial charge on any atom is 0.248 e. The number of hydrogen-bond donors (Lipinski definition) is 2. The van der Waals surface area contributed by atoms with Crippen molar-refractivity contribution >= 4 is 17.5 Å². The van der Waals surface area contributed by atoms with Gasteiger partial charge in [-0.1, -0.05) is 41.9 Å². The van der Waals surface area contributed by atoms with E-state index < -0.39 is 11.0 Å². The largest absolute Gasteiger partial charge is 0.371 e. The summed E-state index contributed by atoms with van der Waals surface area (Å²) in [4.78, 5) is 11.4. The summed E-state index contributed by atoms with van der Waals surface area (Å²) in [6.07, 6.45) is 3.65. The third kappa shape index (κ3) is 3.00. The molecule has 1 atom stereocenters. The number of carbonyl (C=O) groups excluding carboxylic acids is 1. The molecule has 0 heterocycles. The van der Waals surface area contributed by atoms with Crippen LogP contribution in [-0.2, 0) is 11.2 Å². The van der Waals surface area contributed by atoms with Crippen molar-refractivity contribution < 1.29 is 9.90 Å². The molecule has 0 fully saturated rings. The maximum atomic E-state index is 11.4. The van der Waals surface area contributed by atoms with Gasteiger partial charge in [-0.2, -0.15) is 0 Å². The van der Waals surface area contributed by atoms with Crippen LogP contribution in [0.1, 0.15) is 12.0 Å². The van der Waals surface area contributed by atoms with Gasteiger partial charge >= 0.3 is 0 Å². The Bertz CT molecular complexity index is 518. The molecule has 0 bridgehead atoms. The van der Waals surface area contributed by atoms with Crippen LogP contribution in [0.2, 0.25) is 0 Å². The third-order valence-electron chi connectivity index (χ3n) is 2.87. The van der Waals surface area contributed by atoms with E-state index in [1.54, 1.807) is 0 Å². The summed E-state index contributed by atoms with van der Waals surface area (Å²) in [5.74, 6) is -0.496. The number of carbonyl (C=O) groups is 1. The van der Waals surface area contributed by atoms with E-state index in [0.717, 1.165) is 11.1 Å². The van der Waals surface area contributed by atoms with Crippen molar-refractivity contribution in [3.63, 3.8) is 0 Å². The number of hydrogen-bond acceptors (Lipinski definition) is 2. The minimum absolute atomic E-state index is 0.207. The smallest absolute Gasteiger partial charge is 0.248 e. The van der Waals surface area contributed by atoms with Crippen molar-refractivity contribution in [2.45, 2.75) is 17.9 Å². The molecular formula is C14H14ClNO2. The molecule has 1 amide bonds. The topological polar surface area (TPSA) is 63.3 Å². The molecule has 3 nitrogen and oxygen atoms in total. The highest BCUT2D eigenvalue weighted by Gasteiger charge is 2.28. The summed E-state index contributed by atoms with van der Waals surface area (Å²) in [7, 11) is 0. The lowest BCUT2D eigenvalue weighted by atomic mass is 9.90. The van der Waals surface area contributed by atoms with Crippen LogP contribution in [0.15, 0.2) is 53.6 Å². The van der Waals surface area contributed by atoms with E-state index in [1.807, 2.05) is 30.3 Å². The highest BCUT2D eigenvalue weighted by molar-refractivity contribution is 6.24.